The molecule has 0 fully saturated rings. The van der Waals surface area contributed by atoms with Crippen LogP contribution < -0.4 is 19.8 Å². The van der Waals surface area contributed by atoms with Crippen LogP contribution in [0.2, 0.25) is 0 Å². The molecule has 3 aromatic carbocycles. The van der Waals surface area contributed by atoms with Crippen molar-refractivity contribution in [1.82, 2.24) is 0 Å². The summed E-state index contributed by atoms with van der Waals surface area (Å²) < 4.78 is 5.14. The zero-order valence-electron chi connectivity index (χ0n) is 12.8. The molecule has 0 saturated carbocycles. The van der Waals surface area contributed by atoms with Gasteiger partial charge < -0.3 is 0 Å². The minimum absolute atomic E-state index is 0.321. The SMILES string of the molecule is COc1ccc([Se]P(=[Se])(c2ccccc2)c2ccccc2)cc1. The van der Waals surface area contributed by atoms with E-state index in [2.05, 4.69) is 100 Å². The quantitative estimate of drug-likeness (QED) is 0.429. The van der Waals surface area contributed by atoms with Crippen LogP contribution in [-0.2, 0) is 0 Å². The fraction of sp³-hybridized carbons (Fsp3) is 0.0526. The molecule has 0 saturated heterocycles. The molecular formula is C19H17OPSe2. The van der Waals surface area contributed by atoms with Gasteiger partial charge in [-0.25, -0.2) is 0 Å². The third-order valence-corrected chi connectivity index (χ3v) is 17.2. The van der Waals surface area contributed by atoms with E-state index in [-0.39, 0.29) is 0 Å². The van der Waals surface area contributed by atoms with Crippen molar-refractivity contribution in [2.45, 2.75) is 0 Å². The fourth-order valence-electron chi connectivity index (χ4n) is 2.29. The van der Waals surface area contributed by atoms with Gasteiger partial charge in [-0.2, -0.15) is 0 Å². The van der Waals surface area contributed by atoms with Crippen LogP contribution >= 0.6 is 4.20 Å². The summed E-state index contributed by atoms with van der Waals surface area (Å²) in [5.41, 5.74) is 0. The van der Waals surface area contributed by atoms with Crippen molar-refractivity contribution in [3.63, 3.8) is 0 Å². The molecule has 0 radical (unpaired) electrons. The average Bonchev–Trinajstić information content (AvgIpc) is 2.64. The van der Waals surface area contributed by atoms with Gasteiger partial charge >= 0.3 is 151 Å². The first kappa shape index (κ1) is 16.8. The second kappa shape index (κ2) is 7.67. The number of hydrogen-bond acceptors (Lipinski definition) is 1. The van der Waals surface area contributed by atoms with Gasteiger partial charge in [0.25, 0.3) is 0 Å². The van der Waals surface area contributed by atoms with Crippen LogP contribution in [0.25, 0.3) is 0 Å². The molecule has 0 aromatic heterocycles. The van der Waals surface area contributed by atoms with E-state index in [4.69, 9.17) is 4.74 Å². The van der Waals surface area contributed by atoms with Crippen molar-refractivity contribution in [3.05, 3.63) is 84.9 Å². The summed E-state index contributed by atoms with van der Waals surface area (Å²) in [5, 5.41) is 2.84. The number of hydrogen-bond donors (Lipinski definition) is 0. The van der Waals surface area contributed by atoms with E-state index in [1.807, 2.05) is 0 Å². The molecule has 0 amide bonds. The molecule has 3 aromatic rings. The van der Waals surface area contributed by atoms with E-state index in [0.29, 0.717) is 14.5 Å². The number of rotatable bonds is 5. The van der Waals surface area contributed by atoms with Crippen molar-refractivity contribution in [2.24, 2.45) is 0 Å². The van der Waals surface area contributed by atoms with Gasteiger partial charge in [-0.1, -0.05) is 0 Å². The molecule has 23 heavy (non-hydrogen) atoms. The molecule has 0 atom stereocenters. The predicted octanol–water partition coefficient (Wildman–Crippen LogP) is 2.69. The molecule has 1 nitrogen and oxygen atoms in total. The predicted molar refractivity (Wildman–Crippen MR) is 103 cm³/mol. The molecule has 0 unspecified atom stereocenters. The van der Waals surface area contributed by atoms with Crippen molar-refractivity contribution >= 4 is 48.9 Å². The van der Waals surface area contributed by atoms with E-state index in [1.54, 1.807) is 7.11 Å². The molecule has 0 N–H and O–H groups in total. The number of ether oxygens (including phenoxy) is 1. The Morgan fingerprint density at radius 3 is 1.65 bits per heavy atom. The standard InChI is InChI=1S/C19H17OPSe2/c1-20-16-12-14-19(15-13-16)23-21(22,17-8-4-2-5-9-17)18-10-6-3-7-11-18/h2-15H,1H3. The van der Waals surface area contributed by atoms with Gasteiger partial charge in [-0.15, -0.1) is 0 Å². The summed E-state index contributed by atoms with van der Waals surface area (Å²) in [7, 11) is 1.71. The Kier molecular flexibility index (Phi) is 5.59. The maximum atomic E-state index is 5.28. The summed E-state index contributed by atoms with van der Waals surface area (Å²) in [5.74, 6) is 0.910. The van der Waals surface area contributed by atoms with Gasteiger partial charge in [-0.05, 0) is 0 Å². The van der Waals surface area contributed by atoms with E-state index in [1.165, 1.54) is 15.1 Å². The Morgan fingerprint density at radius 1 is 0.739 bits per heavy atom. The van der Waals surface area contributed by atoms with Crippen LogP contribution in [0.4, 0.5) is 0 Å². The van der Waals surface area contributed by atoms with Crippen molar-refractivity contribution < 1.29 is 4.74 Å². The maximum absolute atomic E-state index is 5.28. The topological polar surface area (TPSA) is 9.23 Å². The summed E-state index contributed by atoms with van der Waals surface area (Å²) in [6.07, 6.45) is 0. The van der Waals surface area contributed by atoms with Crippen LogP contribution in [0.1, 0.15) is 0 Å². The molecule has 0 bridgehead atoms. The van der Waals surface area contributed by atoms with Gasteiger partial charge in [0.05, 0.1) is 0 Å². The zero-order valence-corrected chi connectivity index (χ0v) is 17.1. The Labute approximate surface area is 151 Å². The normalized spacial score (nSPS) is 11.2. The summed E-state index contributed by atoms with van der Waals surface area (Å²) in [4.78, 5) is 0. The molecule has 4 heteroatoms. The summed E-state index contributed by atoms with van der Waals surface area (Å²) in [6, 6.07) is 30.2. The van der Waals surface area contributed by atoms with Gasteiger partial charge in [-0.3, -0.25) is 0 Å². The van der Waals surface area contributed by atoms with E-state index >= 15 is 0 Å². The van der Waals surface area contributed by atoms with Crippen molar-refractivity contribution in [3.8, 4) is 5.75 Å². The second-order valence-corrected chi connectivity index (χ2v) is 19.9. The minimum atomic E-state index is -1.52. The first-order chi connectivity index (χ1) is 11.2. The Bertz CT molecular complexity index is 758. The molecule has 0 aliphatic carbocycles. The molecule has 3 rings (SSSR count). The van der Waals surface area contributed by atoms with E-state index in [9.17, 15) is 0 Å². The fourth-order valence-corrected chi connectivity index (χ4v) is 14.5. The van der Waals surface area contributed by atoms with Crippen LogP contribution in [-0.4, -0.2) is 36.7 Å². The van der Waals surface area contributed by atoms with Gasteiger partial charge in [0.1, 0.15) is 0 Å². The van der Waals surface area contributed by atoms with E-state index in [0.717, 1.165) is 5.75 Å². The Hall–Kier alpha value is -1.07. The number of benzene rings is 3. The summed E-state index contributed by atoms with van der Waals surface area (Å²) >= 11 is 3.93. The zero-order chi connectivity index (χ0) is 16.1. The average molecular weight is 450 g/mol. The molecule has 0 heterocycles. The molecule has 0 spiro atoms. The van der Waals surface area contributed by atoms with Crippen LogP contribution in [0, 0.1) is 0 Å². The first-order valence-electron chi connectivity index (χ1n) is 7.27. The van der Waals surface area contributed by atoms with Gasteiger partial charge in [0.2, 0.25) is 0 Å². The van der Waals surface area contributed by atoms with Gasteiger partial charge in [0, 0.05) is 0 Å². The third-order valence-electron chi connectivity index (χ3n) is 3.49. The Morgan fingerprint density at radius 2 is 1.22 bits per heavy atom. The second-order valence-electron chi connectivity index (χ2n) is 4.99. The van der Waals surface area contributed by atoms with Gasteiger partial charge in [0.15, 0.2) is 0 Å². The molecule has 116 valence electrons. The van der Waals surface area contributed by atoms with Crippen molar-refractivity contribution in [1.29, 1.82) is 0 Å². The third kappa shape index (κ3) is 3.89. The molecular weight excluding hydrogens is 433 g/mol. The Balaban J connectivity index is 2.04. The van der Waals surface area contributed by atoms with E-state index < -0.39 is 4.20 Å². The monoisotopic (exact) mass is 452 g/mol. The van der Waals surface area contributed by atoms with Crippen LogP contribution in [0.15, 0.2) is 84.9 Å². The first-order valence-corrected chi connectivity index (χ1v) is 14.3. The number of methoxy groups -OCH3 is 1. The van der Waals surface area contributed by atoms with Crippen LogP contribution in [0.5, 0.6) is 5.75 Å². The molecule has 0 aliphatic rings. The molecule has 0 aliphatic heterocycles. The summed E-state index contributed by atoms with van der Waals surface area (Å²) in [6.45, 7) is 0. The van der Waals surface area contributed by atoms with Crippen molar-refractivity contribution in [2.75, 3.05) is 7.11 Å². The van der Waals surface area contributed by atoms with Crippen LogP contribution in [0.3, 0.4) is 0 Å².